The van der Waals surface area contributed by atoms with Crippen LogP contribution >= 0.6 is 0 Å². The van der Waals surface area contributed by atoms with Gasteiger partial charge in [-0.3, -0.25) is 4.79 Å². The van der Waals surface area contributed by atoms with E-state index < -0.39 is 18.2 Å². The fourth-order valence-electron chi connectivity index (χ4n) is 5.81. The molecule has 246 valence electrons. The monoisotopic (exact) mass is 584 g/mol. The normalized spacial score (nSPS) is 13.8. The summed E-state index contributed by atoms with van der Waals surface area (Å²) >= 11 is 0. The van der Waals surface area contributed by atoms with Crippen molar-refractivity contribution in [2.45, 2.75) is 218 Å². The minimum Gasteiger partial charge on any atom is -0.394 e. The van der Waals surface area contributed by atoms with Gasteiger partial charge in [-0.25, -0.2) is 0 Å². The molecule has 4 N–H and O–H groups in total. The van der Waals surface area contributed by atoms with Crippen molar-refractivity contribution < 1.29 is 20.1 Å². The molecule has 0 aliphatic rings. The van der Waals surface area contributed by atoms with Crippen LogP contribution in [0.5, 0.6) is 0 Å². The van der Waals surface area contributed by atoms with Gasteiger partial charge in [-0.15, -0.1) is 0 Å². The van der Waals surface area contributed by atoms with Crippen molar-refractivity contribution in [3.05, 3.63) is 0 Å². The van der Waals surface area contributed by atoms with Crippen molar-refractivity contribution in [2.24, 2.45) is 0 Å². The van der Waals surface area contributed by atoms with Crippen molar-refractivity contribution in [3.8, 4) is 0 Å². The Kier molecular flexibility index (Phi) is 31.8. The van der Waals surface area contributed by atoms with Crippen LogP contribution in [0.2, 0.25) is 0 Å². The largest absolute Gasteiger partial charge is 0.394 e. The average molecular weight is 584 g/mol. The molecule has 0 saturated carbocycles. The van der Waals surface area contributed by atoms with E-state index in [9.17, 15) is 20.1 Å². The molecule has 0 aliphatic carbocycles. The molecule has 0 rings (SSSR count). The molecule has 0 heterocycles. The molecule has 0 aromatic heterocycles. The molecule has 0 spiro atoms. The van der Waals surface area contributed by atoms with E-state index >= 15 is 0 Å². The van der Waals surface area contributed by atoms with Gasteiger partial charge >= 0.3 is 0 Å². The molecule has 0 aromatic rings. The third-order valence-electron chi connectivity index (χ3n) is 8.71. The quantitative estimate of drug-likeness (QED) is 0.0579. The zero-order chi connectivity index (χ0) is 30.2. The third kappa shape index (κ3) is 27.9. The summed E-state index contributed by atoms with van der Waals surface area (Å²) in [4.78, 5) is 12.3. The van der Waals surface area contributed by atoms with E-state index in [-0.39, 0.29) is 12.5 Å². The third-order valence-corrected chi connectivity index (χ3v) is 8.71. The average Bonchev–Trinajstić information content (AvgIpc) is 2.97. The molecule has 0 radical (unpaired) electrons. The van der Waals surface area contributed by atoms with Crippen LogP contribution < -0.4 is 5.32 Å². The zero-order valence-electron chi connectivity index (χ0n) is 27.7. The highest BCUT2D eigenvalue weighted by Gasteiger charge is 2.26. The summed E-state index contributed by atoms with van der Waals surface area (Å²) in [5.74, 6) is -0.147. The number of amides is 1. The number of unbranched alkanes of at least 4 members (excludes halogenated alkanes) is 25. The minimum absolute atomic E-state index is 0.147. The van der Waals surface area contributed by atoms with Gasteiger partial charge in [-0.05, 0) is 12.8 Å². The van der Waals surface area contributed by atoms with E-state index in [0.717, 1.165) is 32.1 Å². The predicted octanol–water partition coefficient (Wildman–Crippen LogP) is 9.54. The summed E-state index contributed by atoms with van der Waals surface area (Å²) in [7, 11) is 0. The Morgan fingerprint density at radius 2 is 0.829 bits per heavy atom. The maximum Gasteiger partial charge on any atom is 0.220 e. The van der Waals surface area contributed by atoms with Gasteiger partial charge in [0.05, 0.1) is 18.8 Å². The summed E-state index contributed by atoms with van der Waals surface area (Å²) in [5, 5.41) is 33.3. The van der Waals surface area contributed by atoms with Crippen molar-refractivity contribution in [2.75, 3.05) is 6.61 Å². The van der Waals surface area contributed by atoms with Gasteiger partial charge in [0, 0.05) is 6.42 Å². The Hall–Kier alpha value is -0.650. The van der Waals surface area contributed by atoms with Gasteiger partial charge in [-0.2, -0.15) is 0 Å². The first-order valence-corrected chi connectivity index (χ1v) is 18.3. The summed E-state index contributed by atoms with van der Waals surface area (Å²) in [5.41, 5.74) is 0. The maximum absolute atomic E-state index is 12.3. The van der Waals surface area contributed by atoms with Crippen LogP contribution in [0.25, 0.3) is 0 Å². The second-order valence-electron chi connectivity index (χ2n) is 12.8. The number of carbonyl (C=O) groups excluding carboxylic acids is 1. The maximum atomic E-state index is 12.3. The molecule has 3 unspecified atom stereocenters. The zero-order valence-corrected chi connectivity index (χ0v) is 27.7. The van der Waals surface area contributed by atoms with Crippen molar-refractivity contribution in [3.63, 3.8) is 0 Å². The molecule has 41 heavy (non-hydrogen) atoms. The molecule has 0 saturated heterocycles. The van der Waals surface area contributed by atoms with Gasteiger partial charge < -0.3 is 20.6 Å². The number of hydrogen-bond acceptors (Lipinski definition) is 4. The number of carbonyl (C=O) groups is 1. The van der Waals surface area contributed by atoms with Gasteiger partial charge in [0.2, 0.25) is 5.91 Å². The Morgan fingerprint density at radius 3 is 1.17 bits per heavy atom. The van der Waals surface area contributed by atoms with Crippen LogP contribution in [0.1, 0.15) is 200 Å². The molecule has 0 aliphatic heterocycles. The molecular formula is C36H73NO4. The highest BCUT2D eigenvalue weighted by Crippen LogP contribution is 2.16. The summed E-state index contributed by atoms with van der Waals surface area (Å²) in [6.07, 6.45) is 33.4. The molecule has 5 heteroatoms. The summed E-state index contributed by atoms with van der Waals surface area (Å²) in [6.45, 7) is 4.15. The van der Waals surface area contributed by atoms with Gasteiger partial charge in [0.1, 0.15) is 6.10 Å². The minimum atomic E-state index is -1.13. The van der Waals surface area contributed by atoms with Crippen LogP contribution in [0.3, 0.4) is 0 Å². The van der Waals surface area contributed by atoms with E-state index in [1.165, 1.54) is 141 Å². The highest BCUT2D eigenvalue weighted by molar-refractivity contribution is 5.76. The fraction of sp³-hybridized carbons (Fsp3) is 0.972. The molecule has 0 fully saturated rings. The van der Waals surface area contributed by atoms with E-state index in [4.69, 9.17) is 0 Å². The van der Waals surface area contributed by atoms with Crippen LogP contribution in [-0.4, -0.2) is 46.1 Å². The smallest absolute Gasteiger partial charge is 0.220 e. The lowest BCUT2D eigenvalue weighted by molar-refractivity contribution is -0.124. The van der Waals surface area contributed by atoms with E-state index in [1.54, 1.807) is 0 Å². The Morgan fingerprint density at radius 1 is 0.512 bits per heavy atom. The number of hydrogen-bond donors (Lipinski definition) is 4. The van der Waals surface area contributed by atoms with Crippen molar-refractivity contribution >= 4 is 5.91 Å². The topological polar surface area (TPSA) is 89.8 Å². The van der Waals surface area contributed by atoms with Gasteiger partial charge in [0.25, 0.3) is 0 Å². The van der Waals surface area contributed by atoms with E-state index in [0.29, 0.717) is 12.8 Å². The lowest BCUT2D eigenvalue weighted by Crippen LogP contribution is -2.50. The van der Waals surface area contributed by atoms with E-state index in [2.05, 4.69) is 19.2 Å². The fourth-order valence-corrected chi connectivity index (χ4v) is 5.81. The highest BCUT2D eigenvalue weighted by atomic mass is 16.3. The first kappa shape index (κ1) is 40.4. The van der Waals surface area contributed by atoms with Crippen LogP contribution in [0.15, 0.2) is 0 Å². The predicted molar refractivity (Wildman–Crippen MR) is 176 cm³/mol. The van der Waals surface area contributed by atoms with E-state index in [1.807, 2.05) is 0 Å². The lowest BCUT2D eigenvalue weighted by atomic mass is 9.99. The number of nitrogens with one attached hydrogen (secondary N) is 1. The SMILES string of the molecule is CCCCCCCCCCCCCCCCCCCCC(O)C(O)C(CO)NC(=O)CCCCCCCCCCC. The van der Waals surface area contributed by atoms with Crippen LogP contribution in [0, 0.1) is 0 Å². The molecule has 5 nitrogen and oxygen atoms in total. The Labute approximate surface area is 256 Å². The van der Waals surface area contributed by atoms with Gasteiger partial charge in [-0.1, -0.05) is 181 Å². The number of aliphatic hydroxyl groups is 3. The molecule has 1 amide bonds. The molecule has 0 aromatic carbocycles. The van der Waals surface area contributed by atoms with Crippen LogP contribution in [0.4, 0.5) is 0 Å². The van der Waals surface area contributed by atoms with Crippen LogP contribution in [-0.2, 0) is 4.79 Å². The second kappa shape index (κ2) is 32.3. The van der Waals surface area contributed by atoms with Crippen molar-refractivity contribution in [1.82, 2.24) is 5.32 Å². The summed E-state index contributed by atoms with van der Waals surface area (Å²) < 4.78 is 0. The Balaban J connectivity index is 3.62. The molecule has 0 bridgehead atoms. The first-order valence-electron chi connectivity index (χ1n) is 18.3. The standard InChI is InChI=1S/C36H73NO4/c1-3-5-7-9-11-13-14-15-16-17-18-19-20-21-23-24-26-28-30-34(39)36(41)33(32-38)37-35(40)31-29-27-25-22-12-10-8-6-4-2/h33-34,36,38-39,41H,3-32H2,1-2H3,(H,37,40). The molecular weight excluding hydrogens is 510 g/mol. The first-order chi connectivity index (χ1) is 20.1. The lowest BCUT2D eigenvalue weighted by Gasteiger charge is -2.26. The van der Waals surface area contributed by atoms with Gasteiger partial charge in [0.15, 0.2) is 0 Å². The number of aliphatic hydroxyl groups excluding tert-OH is 3. The number of rotatable bonds is 33. The second-order valence-corrected chi connectivity index (χ2v) is 12.8. The van der Waals surface area contributed by atoms with Crippen molar-refractivity contribution in [1.29, 1.82) is 0 Å². The summed E-state index contributed by atoms with van der Waals surface area (Å²) in [6, 6.07) is -0.799. The Bertz CT molecular complexity index is 530. The molecule has 3 atom stereocenters.